The van der Waals surface area contributed by atoms with Crippen molar-refractivity contribution in [2.75, 3.05) is 0 Å². The minimum Gasteiger partial charge on any atom is -0.479 e. The Labute approximate surface area is 107 Å². The number of ether oxygens (including phenoxy) is 1. The van der Waals surface area contributed by atoms with Crippen LogP contribution in [0.3, 0.4) is 0 Å². The third-order valence-corrected chi connectivity index (χ3v) is 2.74. The molecule has 0 aromatic heterocycles. The highest BCUT2D eigenvalue weighted by atomic mass is 16.7. The third-order valence-electron chi connectivity index (χ3n) is 2.74. The van der Waals surface area contributed by atoms with Crippen molar-refractivity contribution in [3.8, 4) is 0 Å². The van der Waals surface area contributed by atoms with Crippen molar-refractivity contribution < 1.29 is 24.3 Å². The summed E-state index contributed by atoms with van der Waals surface area (Å²) >= 11 is 0. The second kappa shape index (κ2) is 6.04. The van der Waals surface area contributed by atoms with E-state index in [2.05, 4.69) is 5.48 Å². The topological polar surface area (TPSA) is 84.9 Å². The lowest BCUT2D eigenvalue weighted by Gasteiger charge is -2.22. The maximum atomic E-state index is 11.3. The molecule has 1 atom stereocenters. The molecule has 1 rings (SSSR count). The van der Waals surface area contributed by atoms with E-state index in [0.29, 0.717) is 0 Å². The number of aliphatic carboxylic acids is 1. The number of hydroxylamine groups is 1. The van der Waals surface area contributed by atoms with E-state index < -0.39 is 23.8 Å². The lowest BCUT2D eigenvalue weighted by molar-refractivity contribution is -0.160. The summed E-state index contributed by atoms with van der Waals surface area (Å²) < 4.78 is 4.96. The van der Waals surface area contributed by atoms with Gasteiger partial charge in [0.05, 0.1) is 0 Å². The Kier molecular flexibility index (Phi) is 4.95. The Bertz CT molecular complexity index is 304. The number of carboxylic acid groups (broad SMARTS) is 1. The zero-order valence-electron chi connectivity index (χ0n) is 11.1. The Morgan fingerprint density at radius 3 is 2.28 bits per heavy atom. The molecule has 0 aliphatic heterocycles. The second-order valence-electron chi connectivity index (χ2n) is 5.53. The molecule has 1 fully saturated rings. The average Bonchev–Trinajstić information content (AvgIpc) is 2.67. The van der Waals surface area contributed by atoms with Crippen LogP contribution >= 0.6 is 0 Å². The molecule has 2 N–H and O–H groups in total. The van der Waals surface area contributed by atoms with Gasteiger partial charge < -0.3 is 9.84 Å². The minimum absolute atomic E-state index is 0.0440. The van der Waals surface area contributed by atoms with Gasteiger partial charge in [-0.2, -0.15) is 5.48 Å². The van der Waals surface area contributed by atoms with Crippen LogP contribution in [0, 0.1) is 5.92 Å². The molecule has 0 bridgehead atoms. The van der Waals surface area contributed by atoms with E-state index in [1.165, 1.54) is 0 Å². The number of carbonyl (C=O) groups is 2. The fourth-order valence-corrected chi connectivity index (χ4v) is 2.02. The first-order chi connectivity index (χ1) is 8.29. The van der Waals surface area contributed by atoms with Gasteiger partial charge in [-0.3, -0.25) is 4.84 Å². The lowest BCUT2D eigenvalue weighted by Crippen LogP contribution is -2.40. The van der Waals surface area contributed by atoms with Crippen molar-refractivity contribution in [3.05, 3.63) is 0 Å². The number of nitrogens with one attached hydrogen (secondary N) is 1. The van der Waals surface area contributed by atoms with Gasteiger partial charge in [0.15, 0.2) is 6.10 Å². The van der Waals surface area contributed by atoms with Crippen LogP contribution in [0.15, 0.2) is 0 Å². The zero-order chi connectivity index (χ0) is 13.8. The molecular weight excluding hydrogens is 238 g/mol. The molecule has 0 aromatic carbocycles. The monoisotopic (exact) mass is 259 g/mol. The van der Waals surface area contributed by atoms with Gasteiger partial charge in [-0.25, -0.2) is 9.59 Å². The molecule has 1 aliphatic carbocycles. The van der Waals surface area contributed by atoms with Crippen LogP contribution in [-0.4, -0.2) is 28.9 Å². The van der Waals surface area contributed by atoms with Crippen molar-refractivity contribution in [3.63, 3.8) is 0 Å². The summed E-state index contributed by atoms with van der Waals surface area (Å²) in [4.78, 5) is 27.4. The van der Waals surface area contributed by atoms with Crippen LogP contribution in [0.1, 0.15) is 46.5 Å². The lowest BCUT2D eigenvalue weighted by atomic mass is 10.0. The molecule has 0 saturated heterocycles. The SMILES string of the molecule is CC(C)(C)OC(=O)NOC(C(=O)O)C1CCCC1. The third kappa shape index (κ3) is 4.91. The molecule has 104 valence electrons. The van der Waals surface area contributed by atoms with Crippen molar-refractivity contribution >= 4 is 12.1 Å². The molecule has 0 heterocycles. The van der Waals surface area contributed by atoms with E-state index in [1.807, 2.05) is 0 Å². The van der Waals surface area contributed by atoms with E-state index in [9.17, 15) is 9.59 Å². The summed E-state index contributed by atoms with van der Waals surface area (Å²) in [6, 6.07) is 0. The number of rotatable bonds is 4. The molecule has 0 radical (unpaired) electrons. The number of hydrogen-bond acceptors (Lipinski definition) is 4. The second-order valence-corrected chi connectivity index (χ2v) is 5.53. The zero-order valence-corrected chi connectivity index (χ0v) is 11.1. The number of carbonyl (C=O) groups excluding carboxylic acids is 1. The highest BCUT2D eigenvalue weighted by Crippen LogP contribution is 2.29. The molecule has 1 saturated carbocycles. The van der Waals surface area contributed by atoms with Crippen LogP contribution in [0.4, 0.5) is 4.79 Å². The van der Waals surface area contributed by atoms with Crippen molar-refractivity contribution in [1.29, 1.82) is 0 Å². The van der Waals surface area contributed by atoms with Crippen molar-refractivity contribution in [2.45, 2.75) is 58.2 Å². The van der Waals surface area contributed by atoms with Crippen molar-refractivity contribution in [2.24, 2.45) is 5.92 Å². The quantitative estimate of drug-likeness (QED) is 0.755. The van der Waals surface area contributed by atoms with E-state index in [0.717, 1.165) is 25.7 Å². The van der Waals surface area contributed by atoms with Crippen molar-refractivity contribution in [1.82, 2.24) is 5.48 Å². The minimum atomic E-state index is -1.06. The largest absolute Gasteiger partial charge is 0.479 e. The number of amides is 1. The van der Waals surface area contributed by atoms with E-state index in [-0.39, 0.29) is 5.92 Å². The molecule has 0 spiro atoms. The predicted octanol–water partition coefficient (Wildman–Crippen LogP) is 2.09. The van der Waals surface area contributed by atoms with E-state index in [4.69, 9.17) is 14.7 Å². The summed E-state index contributed by atoms with van der Waals surface area (Å²) in [5, 5.41) is 9.06. The Balaban J connectivity index is 2.42. The van der Waals surface area contributed by atoms with E-state index in [1.54, 1.807) is 20.8 Å². The maximum Gasteiger partial charge on any atom is 0.431 e. The van der Waals surface area contributed by atoms with Gasteiger partial charge in [-0.1, -0.05) is 12.8 Å². The predicted molar refractivity (Wildman–Crippen MR) is 63.8 cm³/mol. The molecule has 0 aromatic rings. The van der Waals surface area contributed by atoms with Gasteiger partial charge in [0, 0.05) is 0 Å². The first-order valence-corrected chi connectivity index (χ1v) is 6.17. The summed E-state index contributed by atoms with van der Waals surface area (Å²) in [5.41, 5.74) is 1.42. The molecule has 18 heavy (non-hydrogen) atoms. The van der Waals surface area contributed by atoms with Crippen LogP contribution < -0.4 is 5.48 Å². The van der Waals surface area contributed by atoms with Crippen LogP contribution in [-0.2, 0) is 14.4 Å². The van der Waals surface area contributed by atoms with Crippen LogP contribution in [0.25, 0.3) is 0 Å². The Morgan fingerprint density at radius 2 is 1.83 bits per heavy atom. The highest BCUT2D eigenvalue weighted by molar-refractivity contribution is 5.73. The van der Waals surface area contributed by atoms with Gasteiger partial charge in [0.2, 0.25) is 0 Å². The van der Waals surface area contributed by atoms with E-state index >= 15 is 0 Å². The Hall–Kier alpha value is -1.30. The average molecular weight is 259 g/mol. The van der Waals surface area contributed by atoms with Crippen LogP contribution in [0.2, 0.25) is 0 Å². The first-order valence-electron chi connectivity index (χ1n) is 6.17. The van der Waals surface area contributed by atoms with Gasteiger partial charge in [0.1, 0.15) is 5.60 Å². The fourth-order valence-electron chi connectivity index (χ4n) is 2.02. The maximum absolute atomic E-state index is 11.3. The standard InChI is InChI=1S/C12H21NO5/c1-12(2,3)17-11(16)13-18-9(10(14)15)8-6-4-5-7-8/h8-9H,4-7H2,1-3H3,(H,13,16)(H,14,15). The van der Waals surface area contributed by atoms with Gasteiger partial charge >= 0.3 is 12.1 Å². The molecule has 1 aliphatic rings. The first kappa shape index (κ1) is 14.8. The van der Waals surface area contributed by atoms with Gasteiger partial charge in [-0.05, 0) is 39.5 Å². The summed E-state index contributed by atoms with van der Waals surface area (Å²) in [5.74, 6) is -1.10. The molecule has 1 amide bonds. The number of carboxylic acids is 1. The normalized spacial score (nSPS) is 18.4. The van der Waals surface area contributed by atoms with Gasteiger partial charge in [-0.15, -0.1) is 0 Å². The smallest absolute Gasteiger partial charge is 0.431 e. The number of hydrogen-bond donors (Lipinski definition) is 2. The van der Waals surface area contributed by atoms with Gasteiger partial charge in [0.25, 0.3) is 0 Å². The Morgan fingerprint density at radius 1 is 1.28 bits per heavy atom. The summed E-state index contributed by atoms with van der Waals surface area (Å²) in [7, 11) is 0. The fraction of sp³-hybridized carbons (Fsp3) is 0.833. The summed E-state index contributed by atoms with van der Waals surface area (Å²) in [6.45, 7) is 5.16. The molecule has 6 heteroatoms. The molecule has 6 nitrogen and oxygen atoms in total. The van der Waals surface area contributed by atoms with Crippen LogP contribution in [0.5, 0.6) is 0 Å². The molecule has 1 unspecified atom stereocenters. The highest BCUT2D eigenvalue weighted by Gasteiger charge is 2.32. The summed E-state index contributed by atoms with van der Waals surface area (Å²) in [6.07, 6.45) is 1.86. The molecular formula is C12H21NO5.